The average molecular weight is 267 g/mol. The highest BCUT2D eigenvalue weighted by molar-refractivity contribution is 5.98. The molecule has 1 aliphatic carbocycles. The smallest absolute Gasteiger partial charge is 0.170 e. The molecule has 1 aromatic rings. The molecule has 2 unspecified atom stereocenters. The summed E-state index contributed by atoms with van der Waals surface area (Å²) < 4.78 is 27.4. The fourth-order valence-corrected chi connectivity index (χ4v) is 2.70. The van der Waals surface area contributed by atoms with Crippen molar-refractivity contribution in [2.45, 2.75) is 45.1 Å². The van der Waals surface area contributed by atoms with Crippen molar-refractivity contribution in [3.8, 4) is 0 Å². The lowest BCUT2D eigenvalue weighted by atomic mass is 9.87. The van der Waals surface area contributed by atoms with Gasteiger partial charge in [-0.05, 0) is 31.4 Å². The van der Waals surface area contributed by atoms with Crippen LogP contribution in [0.2, 0.25) is 0 Å². The summed E-state index contributed by atoms with van der Waals surface area (Å²) in [5, 5.41) is 0. The van der Waals surface area contributed by atoms with E-state index in [-0.39, 0.29) is 28.9 Å². The molecule has 1 fully saturated rings. The van der Waals surface area contributed by atoms with E-state index in [2.05, 4.69) is 0 Å². The highest BCUT2D eigenvalue weighted by Crippen LogP contribution is 2.27. The summed E-state index contributed by atoms with van der Waals surface area (Å²) >= 11 is 0. The first-order valence-corrected chi connectivity index (χ1v) is 6.76. The fourth-order valence-electron chi connectivity index (χ4n) is 2.70. The van der Waals surface area contributed by atoms with E-state index in [0.717, 1.165) is 25.7 Å². The Bertz CT molecular complexity index is 487. The van der Waals surface area contributed by atoms with E-state index in [1.54, 1.807) is 0 Å². The molecule has 19 heavy (non-hydrogen) atoms. The van der Waals surface area contributed by atoms with Crippen molar-refractivity contribution in [3.05, 3.63) is 34.9 Å². The van der Waals surface area contributed by atoms with Crippen LogP contribution in [0.25, 0.3) is 0 Å². The molecule has 1 aliphatic rings. The molecule has 0 spiro atoms. The summed E-state index contributed by atoms with van der Waals surface area (Å²) in [4.78, 5) is 12.4. The summed E-state index contributed by atoms with van der Waals surface area (Å²) in [6, 6.07) is 2.56. The molecule has 1 saturated carbocycles. The van der Waals surface area contributed by atoms with E-state index in [4.69, 9.17) is 5.73 Å². The number of aryl methyl sites for hydroxylation is 1. The molecule has 2 atom stereocenters. The second kappa shape index (κ2) is 5.78. The zero-order valence-corrected chi connectivity index (χ0v) is 11.1. The number of hydrogen-bond acceptors (Lipinski definition) is 2. The van der Waals surface area contributed by atoms with Gasteiger partial charge in [0, 0.05) is 12.0 Å². The van der Waals surface area contributed by atoms with Crippen LogP contribution in [0.1, 0.15) is 48.0 Å². The first kappa shape index (κ1) is 14.1. The number of Topliss-reactive ketones (excluding diaryl/α,β-unsaturated/α-hetero) is 1. The number of benzene rings is 1. The predicted octanol–water partition coefficient (Wildman–Crippen LogP) is 3.36. The highest BCUT2D eigenvalue weighted by Gasteiger charge is 2.30. The zero-order chi connectivity index (χ0) is 14.0. The van der Waals surface area contributed by atoms with Gasteiger partial charge < -0.3 is 5.73 Å². The van der Waals surface area contributed by atoms with Crippen LogP contribution in [0.4, 0.5) is 8.78 Å². The van der Waals surface area contributed by atoms with Crippen molar-refractivity contribution in [1.29, 1.82) is 0 Å². The number of hydrogen-bond donors (Lipinski definition) is 1. The molecule has 104 valence electrons. The summed E-state index contributed by atoms with van der Waals surface area (Å²) in [6.45, 7) is 1.48. The van der Waals surface area contributed by atoms with Crippen molar-refractivity contribution in [1.82, 2.24) is 0 Å². The van der Waals surface area contributed by atoms with E-state index in [1.807, 2.05) is 0 Å². The van der Waals surface area contributed by atoms with E-state index in [9.17, 15) is 13.6 Å². The molecule has 2 nitrogen and oxygen atoms in total. The van der Waals surface area contributed by atoms with Crippen LogP contribution >= 0.6 is 0 Å². The van der Waals surface area contributed by atoms with E-state index < -0.39 is 11.6 Å². The van der Waals surface area contributed by atoms with Crippen LogP contribution in [0, 0.1) is 24.5 Å². The normalized spacial score (nSPS) is 24.0. The van der Waals surface area contributed by atoms with Gasteiger partial charge in [0.1, 0.15) is 0 Å². The number of rotatable bonds is 2. The summed E-state index contributed by atoms with van der Waals surface area (Å²) in [6.07, 6.45) is 4.39. The Labute approximate surface area is 112 Å². The van der Waals surface area contributed by atoms with E-state index >= 15 is 0 Å². The minimum atomic E-state index is -1.04. The van der Waals surface area contributed by atoms with Gasteiger partial charge in [-0.15, -0.1) is 0 Å². The molecule has 0 saturated heterocycles. The summed E-state index contributed by atoms with van der Waals surface area (Å²) in [5.41, 5.74) is 6.04. The second-order valence-electron chi connectivity index (χ2n) is 5.33. The SMILES string of the molecule is Cc1ccc(C(=O)C2CCCCCC2N)c(F)c1F. The Morgan fingerprint density at radius 1 is 1.16 bits per heavy atom. The lowest BCUT2D eigenvalue weighted by Gasteiger charge is -2.20. The number of ketones is 1. The first-order chi connectivity index (χ1) is 9.02. The second-order valence-corrected chi connectivity index (χ2v) is 5.33. The first-order valence-electron chi connectivity index (χ1n) is 6.76. The lowest BCUT2D eigenvalue weighted by Crippen LogP contribution is -2.35. The van der Waals surface area contributed by atoms with Gasteiger partial charge in [0.15, 0.2) is 17.4 Å². The number of halogens is 2. The molecule has 0 heterocycles. The molecule has 0 amide bonds. The highest BCUT2D eigenvalue weighted by atomic mass is 19.2. The summed E-state index contributed by atoms with van der Waals surface area (Å²) in [7, 11) is 0. The quantitative estimate of drug-likeness (QED) is 0.659. The minimum absolute atomic E-state index is 0.162. The lowest BCUT2D eigenvalue weighted by molar-refractivity contribution is 0.0889. The van der Waals surface area contributed by atoms with Gasteiger partial charge in [-0.2, -0.15) is 0 Å². The minimum Gasteiger partial charge on any atom is -0.327 e. The van der Waals surface area contributed by atoms with Gasteiger partial charge >= 0.3 is 0 Å². The maximum Gasteiger partial charge on any atom is 0.170 e. The molecule has 4 heteroatoms. The number of carbonyl (C=O) groups excluding carboxylic acids is 1. The molecule has 0 bridgehead atoms. The van der Waals surface area contributed by atoms with Crippen molar-refractivity contribution in [3.63, 3.8) is 0 Å². The maximum absolute atomic E-state index is 13.9. The van der Waals surface area contributed by atoms with Crippen LogP contribution in [-0.2, 0) is 0 Å². The van der Waals surface area contributed by atoms with Crippen molar-refractivity contribution in [2.75, 3.05) is 0 Å². The van der Waals surface area contributed by atoms with Crippen molar-refractivity contribution in [2.24, 2.45) is 11.7 Å². The average Bonchev–Trinajstić information content (AvgIpc) is 2.60. The Morgan fingerprint density at radius 2 is 1.84 bits per heavy atom. The van der Waals surface area contributed by atoms with Crippen LogP contribution in [-0.4, -0.2) is 11.8 Å². The third-order valence-electron chi connectivity index (χ3n) is 3.95. The molecule has 0 aliphatic heterocycles. The largest absolute Gasteiger partial charge is 0.327 e. The molecule has 2 N–H and O–H groups in total. The van der Waals surface area contributed by atoms with Gasteiger partial charge in [-0.3, -0.25) is 4.79 Å². The molecule has 0 radical (unpaired) electrons. The predicted molar refractivity (Wildman–Crippen MR) is 70.0 cm³/mol. The Hall–Kier alpha value is -1.29. The maximum atomic E-state index is 13.9. The van der Waals surface area contributed by atoms with Crippen molar-refractivity contribution < 1.29 is 13.6 Å². The topological polar surface area (TPSA) is 43.1 Å². The Balaban J connectivity index is 2.30. The molecule has 0 aromatic heterocycles. The monoisotopic (exact) mass is 267 g/mol. The Kier molecular flexibility index (Phi) is 4.30. The number of carbonyl (C=O) groups is 1. The third-order valence-corrected chi connectivity index (χ3v) is 3.95. The van der Waals surface area contributed by atoms with Gasteiger partial charge in [0.2, 0.25) is 0 Å². The van der Waals surface area contributed by atoms with Crippen LogP contribution < -0.4 is 5.73 Å². The van der Waals surface area contributed by atoms with Gasteiger partial charge in [-0.25, -0.2) is 8.78 Å². The van der Waals surface area contributed by atoms with Crippen molar-refractivity contribution >= 4 is 5.78 Å². The van der Waals surface area contributed by atoms with E-state index in [0.29, 0.717) is 6.42 Å². The molecule has 1 aromatic carbocycles. The molecular weight excluding hydrogens is 248 g/mol. The zero-order valence-electron chi connectivity index (χ0n) is 11.1. The van der Waals surface area contributed by atoms with Crippen LogP contribution in [0.3, 0.4) is 0 Å². The van der Waals surface area contributed by atoms with Crippen LogP contribution in [0.15, 0.2) is 12.1 Å². The Morgan fingerprint density at radius 3 is 2.58 bits per heavy atom. The van der Waals surface area contributed by atoms with Gasteiger partial charge in [0.25, 0.3) is 0 Å². The third kappa shape index (κ3) is 2.84. The number of nitrogens with two attached hydrogens (primary N) is 1. The van der Waals surface area contributed by atoms with Gasteiger partial charge in [-0.1, -0.05) is 25.3 Å². The summed E-state index contributed by atoms with van der Waals surface area (Å²) in [5.74, 6) is -2.72. The van der Waals surface area contributed by atoms with Crippen LogP contribution in [0.5, 0.6) is 0 Å². The van der Waals surface area contributed by atoms with E-state index in [1.165, 1.54) is 19.1 Å². The fraction of sp³-hybridized carbons (Fsp3) is 0.533. The standard InChI is InChI=1S/C15H19F2NO/c1-9-7-8-11(14(17)13(9)16)15(19)10-5-3-2-4-6-12(10)18/h7-8,10,12H,2-6,18H2,1H3. The molecular formula is C15H19F2NO. The molecule has 2 rings (SSSR count). The van der Waals surface area contributed by atoms with Gasteiger partial charge in [0.05, 0.1) is 5.56 Å².